The lowest BCUT2D eigenvalue weighted by Crippen LogP contribution is -2.42. The highest BCUT2D eigenvalue weighted by Gasteiger charge is 2.26. The molecule has 3 heterocycles. The van der Waals surface area contributed by atoms with Gasteiger partial charge >= 0.3 is 0 Å². The Morgan fingerprint density at radius 1 is 1.26 bits per heavy atom. The Morgan fingerprint density at radius 3 is 2.74 bits per heavy atom. The molecule has 0 N–H and O–H groups in total. The molecule has 1 aromatic heterocycles. The van der Waals surface area contributed by atoms with Gasteiger partial charge in [0.05, 0.1) is 12.3 Å². The molecule has 0 spiro atoms. The highest BCUT2D eigenvalue weighted by atomic mass is 16.5. The van der Waals surface area contributed by atoms with E-state index in [0.29, 0.717) is 5.92 Å². The Morgan fingerprint density at radius 2 is 2.04 bits per heavy atom. The molecule has 128 valence electrons. The SMILES string of the molecule is CN1CCC(OCC(=O)N2CCCC(c3cnn(C)c3)C2)CC1. The number of amides is 1. The van der Waals surface area contributed by atoms with E-state index < -0.39 is 0 Å². The van der Waals surface area contributed by atoms with Gasteiger partial charge in [-0.2, -0.15) is 5.10 Å². The highest BCUT2D eigenvalue weighted by Crippen LogP contribution is 2.26. The van der Waals surface area contributed by atoms with Crippen molar-refractivity contribution in [2.45, 2.75) is 37.7 Å². The third-order valence-corrected chi connectivity index (χ3v) is 5.08. The summed E-state index contributed by atoms with van der Waals surface area (Å²) in [4.78, 5) is 16.7. The molecule has 1 atom stereocenters. The first-order valence-electron chi connectivity index (χ1n) is 8.68. The van der Waals surface area contributed by atoms with E-state index in [1.165, 1.54) is 5.56 Å². The van der Waals surface area contributed by atoms with E-state index >= 15 is 0 Å². The second-order valence-electron chi connectivity index (χ2n) is 6.94. The van der Waals surface area contributed by atoms with Crippen molar-refractivity contribution < 1.29 is 9.53 Å². The number of carbonyl (C=O) groups is 1. The monoisotopic (exact) mass is 320 g/mol. The summed E-state index contributed by atoms with van der Waals surface area (Å²) < 4.78 is 7.69. The van der Waals surface area contributed by atoms with Crippen LogP contribution in [0.2, 0.25) is 0 Å². The molecule has 1 unspecified atom stereocenters. The molecule has 6 nitrogen and oxygen atoms in total. The van der Waals surface area contributed by atoms with E-state index in [-0.39, 0.29) is 18.6 Å². The summed E-state index contributed by atoms with van der Waals surface area (Å²) in [5, 5.41) is 4.25. The van der Waals surface area contributed by atoms with Crippen LogP contribution in [0.25, 0.3) is 0 Å². The summed E-state index contributed by atoms with van der Waals surface area (Å²) in [5.41, 5.74) is 1.24. The van der Waals surface area contributed by atoms with Crippen molar-refractivity contribution in [2.24, 2.45) is 7.05 Å². The molecule has 3 rings (SSSR count). The molecule has 2 aliphatic heterocycles. The van der Waals surface area contributed by atoms with Gasteiger partial charge in [-0.15, -0.1) is 0 Å². The fourth-order valence-corrected chi connectivity index (χ4v) is 3.56. The molecule has 0 aliphatic carbocycles. The smallest absolute Gasteiger partial charge is 0.248 e. The average Bonchev–Trinajstić information content (AvgIpc) is 3.01. The molecule has 2 fully saturated rings. The summed E-state index contributed by atoms with van der Waals surface area (Å²) in [6.45, 7) is 4.00. The lowest BCUT2D eigenvalue weighted by atomic mass is 9.93. The van der Waals surface area contributed by atoms with Gasteiger partial charge in [0.1, 0.15) is 6.61 Å². The minimum absolute atomic E-state index is 0.137. The van der Waals surface area contributed by atoms with Gasteiger partial charge in [-0.25, -0.2) is 0 Å². The van der Waals surface area contributed by atoms with Crippen molar-refractivity contribution >= 4 is 5.91 Å². The maximum Gasteiger partial charge on any atom is 0.248 e. The number of aryl methyl sites for hydroxylation is 1. The predicted molar refractivity (Wildman–Crippen MR) is 88.2 cm³/mol. The highest BCUT2D eigenvalue weighted by molar-refractivity contribution is 5.77. The molecule has 2 saturated heterocycles. The average molecular weight is 320 g/mol. The van der Waals surface area contributed by atoms with Crippen LogP contribution < -0.4 is 0 Å². The van der Waals surface area contributed by atoms with Gasteiger partial charge in [-0.1, -0.05) is 0 Å². The molecule has 0 aromatic carbocycles. The Bertz CT molecular complexity index is 522. The predicted octanol–water partition coefficient (Wildman–Crippen LogP) is 1.24. The molecule has 1 amide bonds. The van der Waals surface area contributed by atoms with Crippen LogP contribution in [0, 0.1) is 0 Å². The van der Waals surface area contributed by atoms with E-state index in [2.05, 4.69) is 23.2 Å². The normalized spacial score (nSPS) is 24.1. The molecule has 1 aromatic rings. The van der Waals surface area contributed by atoms with Crippen molar-refractivity contribution in [1.82, 2.24) is 19.6 Å². The number of hydrogen-bond donors (Lipinski definition) is 0. The van der Waals surface area contributed by atoms with Gasteiger partial charge in [-0.05, 0) is 38.3 Å². The Hall–Kier alpha value is -1.40. The van der Waals surface area contributed by atoms with Crippen LogP contribution in [-0.4, -0.2) is 71.4 Å². The maximum absolute atomic E-state index is 12.5. The minimum Gasteiger partial charge on any atom is -0.368 e. The fourth-order valence-electron chi connectivity index (χ4n) is 3.56. The Balaban J connectivity index is 1.47. The van der Waals surface area contributed by atoms with E-state index in [1.807, 2.05) is 22.8 Å². The number of ether oxygens (including phenoxy) is 1. The Labute approximate surface area is 138 Å². The van der Waals surface area contributed by atoms with Gasteiger partial charge in [-0.3, -0.25) is 9.48 Å². The summed E-state index contributed by atoms with van der Waals surface area (Å²) in [5.74, 6) is 0.544. The molecule has 0 radical (unpaired) electrons. The zero-order valence-corrected chi connectivity index (χ0v) is 14.3. The second kappa shape index (κ2) is 7.45. The van der Waals surface area contributed by atoms with Crippen molar-refractivity contribution in [3.63, 3.8) is 0 Å². The van der Waals surface area contributed by atoms with Crippen LogP contribution >= 0.6 is 0 Å². The van der Waals surface area contributed by atoms with Gasteiger partial charge in [0, 0.05) is 45.3 Å². The minimum atomic E-state index is 0.137. The van der Waals surface area contributed by atoms with Gasteiger partial charge in [0.15, 0.2) is 0 Å². The molecular formula is C17H28N4O2. The zero-order chi connectivity index (χ0) is 16.2. The first-order valence-corrected chi connectivity index (χ1v) is 8.68. The second-order valence-corrected chi connectivity index (χ2v) is 6.94. The van der Waals surface area contributed by atoms with Crippen molar-refractivity contribution in [3.05, 3.63) is 18.0 Å². The topological polar surface area (TPSA) is 50.6 Å². The maximum atomic E-state index is 12.5. The third-order valence-electron chi connectivity index (χ3n) is 5.08. The largest absolute Gasteiger partial charge is 0.368 e. The fraction of sp³-hybridized carbons (Fsp3) is 0.765. The van der Waals surface area contributed by atoms with E-state index in [9.17, 15) is 4.79 Å². The molecule has 0 saturated carbocycles. The first kappa shape index (κ1) is 16.5. The summed E-state index contributed by atoms with van der Waals surface area (Å²) >= 11 is 0. The van der Waals surface area contributed by atoms with Crippen LogP contribution in [0.5, 0.6) is 0 Å². The quantitative estimate of drug-likeness (QED) is 0.837. The molecular weight excluding hydrogens is 292 g/mol. The van der Waals surface area contributed by atoms with E-state index in [4.69, 9.17) is 4.74 Å². The number of hydrogen-bond acceptors (Lipinski definition) is 4. The molecule has 6 heteroatoms. The summed E-state index contributed by atoms with van der Waals surface area (Å²) in [7, 11) is 4.07. The van der Waals surface area contributed by atoms with Crippen LogP contribution in [-0.2, 0) is 16.6 Å². The first-order chi connectivity index (χ1) is 11.1. The van der Waals surface area contributed by atoms with Crippen LogP contribution in [0.4, 0.5) is 0 Å². The van der Waals surface area contributed by atoms with Gasteiger partial charge in [0.2, 0.25) is 5.91 Å². The number of rotatable bonds is 4. The van der Waals surface area contributed by atoms with Crippen molar-refractivity contribution in [3.8, 4) is 0 Å². The zero-order valence-electron chi connectivity index (χ0n) is 14.3. The lowest BCUT2D eigenvalue weighted by molar-refractivity contribution is -0.140. The van der Waals surface area contributed by atoms with Crippen LogP contribution in [0.15, 0.2) is 12.4 Å². The standard InChI is InChI=1S/C17H28N4O2/c1-19-8-5-16(6-9-19)23-13-17(22)21-7-3-4-14(12-21)15-10-18-20(2)11-15/h10-11,14,16H,3-9,12-13H2,1-2H3. The number of piperidine rings is 2. The summed E-state index contributed by atoms with van der Waals surface area (Å²) in [6.07, 6.45) is 8.48. The number of carbonyl (C=O) groups excluding carboxylic acids is 1. The van der Waals surface area contributed by atoms with Gasteiger partial charge < -0.3 is 14.5 Å². The third kappa shape index (κ3) is 4.32. The number of aromatic nitrogens is 2. The number of nitrogens with zero attached hydrogens (tertiary/aromatic N) is 4. The summed E-state index contributed by atoms with van der Waals surface area (Å²) in [6, 6.07) is 0. The van der Waals surface area contributed by atoms with E-state index in [0.717, 1.165) is 51.9 Å². The van der Waals surface area contributed by atoms with Crippen molar-refractivity contribution in [1.29, 1.82) is 0 Å². The lowest BCUT2D eigenvalue weighted by Gasteiger charge is -2.33. The van der Waals surface area contributed by atoms with Crippen LogP contribution in [0.1, 0.15) is 37.2 Å². The van der Waals surface area contributed by atoms with Crippen LogP contribution in [0.3, 0.4) is 0 Å². The van der Waals surface area contributed by atoms with E-state index in [1.54, 1.807) is 0 Å². The molecule has 2 aliphatic rings. The van der Waals surface area contributed by atoms with Crippen molar-refractivity contribution in [2.75, 3.05) is 39.8 Å². The molecule has 23 heavy (non-hydrogen) atoms. The Kier molecular flexibility index (Phi) is 5.33. The molecule has 0 bridgehead atoms. The van der Waals surface area contributed by atoms with Gasteiger partial charge in [0.25, 0.3) is 0 Å². The number of likely N-dealkylation sites (tertiary alicyclic amines) is 2.